The second-order valence-electron chi connectivity index (χ2n) is 7.60. The maximum absolute atomic E-state index is 12.1. The Hall–Kier alpha value is -2.07. The van der Waals surface area contributed by atoms with E-state index in [0.29, 0.717) is 6.42 Å². The fourth-order valence-corrected chi connectivity index (χ4v) is 3.07. The average molecular weight is 342 g/mol. The first-order valence-corrected chi connectivity index (χ1v) is 11.2. The highest BCUT2D eigenvalue weighted by Crippen LogP contribution is 2.37. The second-order valence-corrected chi connectivity index (χ2v) is 12.3. The third-order valence-corrected chi connectivity index (χ3v) is 8.88. The van der Waals surface area contributed by atoms with Gasteiger partial charge in [-0.1, -0.05) is 51.1 Å². The fraction of sp³-hybridized carbons (Fsp3) is 0.350. The van der Waals surface area contributed by atoms with Gasteiger partial charge < -0.3 is 9.74 Å². The van der Waals surface area contributed by atoms with E-state index >= 15 is 0 Å². The molecular formula is C20H27NO2Si. The summed E-state index contributed by atoms with van der Waals surface area (Å²) in [6.45, 7) is 11.1. The number of amides is 1. The lowest BCUT2D eigenvalue weighted by atomic mass is 10.1. The van der Waals surface area contributed by atoms with Gasteiger partial charge in [0.1, 0.15) is 5.75 Å². The van der Waals surface area contributed by atoms with Gasteiger partial charge in [0, 0.05) is 5.69 Å². The molecule has 0 heterocycles. The van der Waals surface area contributed by atoms with Crippen molar-refractivity contribution in [2.75, 3.05) is 5.32 Å². The number of carbonyl (C=O) groups excluding carboxylic acids is 1. The minimum absolute atomic E-state index is 0.0146. The van der Waals surface area contributed by atoms with Crippen molar-refractivity contribution in [2.24, 2.45) is 0 Å². The lowest BCUT2D eigenvalue weighted by Crippen LogP contribution is -2.43. The second kappa shape index (κ2) is 7.22. The number of rotatable bonds is 5. The molecule has 2 rings (SSSR count). The molecule has 0 aromatic heterocycles. The molecule has 0 fully saturated rings. The summed E-state index contributed by atoms with van der Waals surface area (Å²) in [7, 11) is -1.83. The third-order valence-electron chi connectivity index (χ3n) is 4.52. The molecule has 0 spiro atoms. The molecule has 0 aliphatic rings. The van der Waals surface area contributed by atoms with Crippen LogP contribution in [0, 0.1) is 0 Å². The Morgan fingerprint density at radius 2 is 1.58 bits per heavy atom. The number of carbonyl (C=O) groups is 1. The van der Waals surface area contributed by atoms with Crippen LogP contribution >= 0.6 is 0 Å². The minimum atomic E-state index is -1.83. The first kappa shape index (κ1) is 18.3. The first-order valence-electron chi connectivity index (χ1n) is 8.30. The van der Waals surface area contributed by atoms with Crippen LogP contribution in [-0.4, -0.2) is 14.2 Å². The predicted octanol–water partition coefficient (Wildman–Crippen LogP) is 5.25. The Kier molecular flexibility index (Phi) is 5.50. The lowest BCUT2D eigenvalue weighted by Gasteiger charge is -2.36. The van der Waals surface area contributed by atoms with Crippen molar-refractivity contribution >= 4 is 19.9 Å². The molecule has 0 saturated heterocycles. The van der Waals surface area contributed by atoms with E-state index in [0.717, 1.165) is 17.0 Å². The van der Waals surface area contributed by atoms with Crippen molar-refractivity contribution in [3.8, 4) is 5.75 Å². The van der Waals surface area contributed by atoms with Crippen molar-refractivity contribution in [1.82, 2.24) is 0 Å². The van der Waals surface area contributed by atoms with Gasteiger partial charge in [-0.25, -0.2) is 0 Å². The summed E-state index contributed by atoms with van der Waals surface area (Å²) in [5.41, 5.74) is 1.80. The number of anilines is 1. The van der Waals surface area contributed by atoms with E-state index < -0.39 is 8.32 Å². The van der Waals surface area contributed by atoms with E-state index in [1.165, 1.54) is 0 Å². The van der Waals surface area contributed by atoms with E-state index in [9.17, 15) is 4.79 Å². The van der Waals surface area contributed by atoms with Crippen LogP contribution in [0.25, 0.3) is 0 Å². The topological polar surface area (TPSA) is 38.3 Å². The quantitative estimate of drug-likeness (QED) is 0.754. The van der Waals surface area contributed by atoms with Crippen molar-refractivity contribution < 1.29 is 9.22 Å². The molecular weight excluding hydrogens is 314 g/mol. The van der Waals surface area contributed by atoms with Crippen LogP contribution in [0.4, 0.5) is 5.69 Å². The highest BCUT2D eigenvalue weighted by Gasteiger charge is 2.38. The molecule has 0 unspecified atom stereocenters. The highest BCUT2D eigenvalue weighted by atomic mass is 28.4. The molecule has 0 atom stereocenters. The van der Waals surface area contributed by atoms with E-state index in [1.807, 2.05) is 54.6 Å². The summed E-state index contributed by atoms with van der Waals surface area (Å²) < 4.78 is 6.25. The number of nitrogens with one attached hydrogen (secondary N) is 1. The maximum atomic E-state index is 12.1. The molecule has 1 N–H and O–H groups in total. The fourth-order valence-electron chi connectivity index (χ4n) is 2.04. The zero-order valence-corrected chi connectivity index (χ0v) is 16.2. The summed E-state index contributed by atoms with van der Waals surface area (Å²) in [5.74, 6) is 0.849. The molecule has 128 valence electrons. The Morgan fingerprint density at radius 1 is 1.00 bits per heavy atom. The maximum Gasteiger partial charge on any atom is 0.250 e. The predicted molar refractivity (Wildman–Crippen MR) is 103 cm³/mol. The van der Waals surface area contributed by atoms with Crippen molar-refractivity contribution in [2.45, 2.75) is 45.3 Å². The molecule has 1 amide bonds. The standard InChI is InChI=1S/C20H27NO2Si/c1-20(2,3)24(4,5)23-18-13-11-17(12-14-18)21-19(22)15-16-9-7-6-8-10-16/h6-14H,15H2,1-5H3,(H,21,22). The smallest absolute Gasteiger partial charge is 0.250 e. The molecule has 0 bridgehead atoms. The van der Waals surface area contributed by atoms with E-state index in [2.05, 4.69) is 39.2 Å². The number of hydrogen-bond acceptors (Lipinski definition) is 2. The van der Waals surface area contributed by atoms with Gasteiger partial charge in [0.2, 0.25) is 14.2 Å². The van der Waals surface area contributed by atoms with Crippen molar-refractivity contribution in [3.63, 3.8) is 0 Å². The average Bonchev–Trinajstić information content (AvgIpc) is 2.49. The van der Waals surface area contributed by atoms with Gasteiger partial charge in [-0.15, -0.1) is 0 Å². The summed E-state index contributed by atoms with van der Waals surface area (Å²) in [6, 6.07) is 17.4. The van der Waals surface area contributed by atoms with E-state index in [1.54, 1.807) is 0 Å². The molecule has 0 radical (unpaired) electrons. The van der Waals surface area contributed by atoms with Gasteiger partial charge in [0.05, 0.1) is 6.42 Å². The van der Waals surface area contributed by atoms with Gasteiger partial charge >= 0.3 is 0 Å². The summed E-state index contributed by atoms with van der Waals surface area (Å²) >= 11 is 0. The van der Waals surface area contributed by atoms with Crippen LogP contribution < -0.4 is 9.74 Å². The lowest BCUT2D eigenvalue weighted by molar-refractivity contribution is -0.115. The number of benzene rings is 2. The van der Waals surface area contributed by atoms with Gasteiger partial charge in [0.25, 0.3) is 0 Å². The van der Waals surface area contributed by atoms with Crippen molar-refractivity contribution in [3.05, 3.63) is 60.2 Å². The zero-order chi connectivity index (χ0) is 17.8. The molecule has 2 aromatic carbocycles. The van der Waals surface area contributed by atoms with Gasteiger partial charge in [-0.3, -0.25) is 4.79 Å². The monoisotopic (exact) mass is 341 g/mol. The highest BCUT2D eigenvalue weighted by molar-refractivity contribution is 6.74. The zero-order valence-electron chi connectivity index (χ0n) is 15.2. The number of hydrogen-bond donors (Lipinski definition) is 1. The molecule has 3 nitrogen and oxygen atoms in total. The SMILES string of the molecule is CC(C)(C)[Si](C)(C)Oc1ccc(NC(=O)Cc2ccccc2)cc1. The van der Waals surface area contributed by atoms with Crippen LogP contribution in [0.15, 0.2) is 54.6 Å². The Balaban J connectivity index is 1.96. The molecule has 0 aliphatic carbocycles. The van der Waals surface area contributed by atoms with E-state index in [-0.39, 0.29) is 10.9 Å². The largest absolute Gasteiger partial charge is 0.544 e. The van der Waals surface area contributed by atoms with Crippen LogP contribution in [0.3, 0.4) is 0 Å². The van der Waals surface area contributed by atoms with Gasteiger partial charge in [-0.05, 0) is 48.0 Å². The Bertz CT molecular complexity index is 673. The summed E-state index contributed by atoms with van der Waals surface area (Å²) in [5, 5.41) is 3.09. The van der Waals surface area contributed by atoms with Crippen molar-refractivity contribution in [1.29, 1.82) is 0 Å². The Labute approximate surface area is 146 Å². The molecule has 0 aliphatic heterocycles. The summed E-state index contributed by atoms with van der Waals surface area (Å²) in [4.78, 5) is 12.1. The normalized spacial score (nSPS) is 11.9. The molecule has 0 saturated carbocycles. The minimum Gasteiger partial charge on any atom is -0.544 e. The van der Waals surface area contributed by atoms with Crippen LogP contribution in [0.2, 0.25) is 18.1 Å². The van der Waals surface area contributed by atoms with Gasteiger partial charge in [0.15, 0.2) is 0 Å². The molecule has 24 heavy (non-hydrogen) atoms. The first-order chi connectivity index (χ1) is 11.2. The van der Waals surface area contributed by atoms with Crippen LogP contribution in [0.1, 0.15) is 26.3 Å². The third kappa shape index (κ3) is 4.96. The van der Waals surface area contributed by atoms with Gasteiger partial charge in [-0.2, -0.15) is 0 Å². The van der Waals surface area contributed by atoms with Crippen LogP contribution in [0.5, 0.6) is 5.75 Å². The summed E-state index contributed by atoms with van der Waals surface area (Å²) in [6.07, 6.45) is 0.378. The molecule has 4 heteroatoms. The molecule has 2 aromatic rings. The van der Waals surface area contributed by atoms with E-state index in [4.69, 9.17) is 4.43 Å². The Morgan fingerprint density at radius 3 is 2.12 bits per heavy atom. The van der Waals surface area contributed by atoms with Crippen LogP contribution in [-0.2, 0) is 11.2 Å².